The van der Waals surface area contributed by atoms with Crippen molar-refractivity contribution in [1.29, 1.82) is 0 Å². The fraction of sp³-hybridized carbons (Fsp3) is 0.714. The molecule has 0 saturated heterocycles. The van der Waals surface area contributed by atoms with Crippen LogP contribution in [0.2, 0.25) is 0 Å². The number of nitrogens with one attached hydrogen (secondary N) is 3. The molecule has 4 atom stereocenters. The predicted molar refractivity (Wildman–Crippen MR) is 129 cm³/mol. The number of rotatable bonds is 16. The summed E-state index contributed by atoms with van der Waals surface area (Å²) in [4.78, 5) is 64.6. The van der Waals surface area contributed by atoms with Crippen molar-refractivity contribution in [3.8, 4) is 0 Å². The fourth-order valence-electron chi connectivity index (χ4n) is 3.12. The molecule has 0 spiro atoms. The zero-order valence-corrected chi connectivity index (χ0v) is 20.7. The largest absolute Gasteiger partial charge is 0.480 e. The summed E-state index contributed by atoms with van der Waals surface area (Å²) in [6, 6.07) is -4.59. The normalized spacial score (nSPS) is 14.4. The molecule has 35 heavy (non-hydrogen) atoms. The number of hydrogen-bond acceptors (Lipinski definition) is 7. The number of primary amides is 1. The zero-order valence-electron chi connectivity index (χ0n) is 20.7. The van der Waals surface area contributed by atoms with E-state index < -0.39 is 66.1 Å². The molecule has 0 heterocycles. The van der Waals surface area contributed by atoms with Gasteiger partial charge in [0.15, 0.2) is 5.96 Å². The SMILES string of the molecule is CC(C)CC(N)C(=O)NC(CCCN=C(N)N)C(=O)NC(C(=O)NC(CC(N)=O)C(=O)O)C(C)C. The Kier molecular flexibility index (Phi) is 14.0. The third-order valence-electron chi connectivity index (χ3n) is 4.91. The van der Waals surface area contributed by atoms with E-state index >= 15 is 0 Å². The number of aliphatic carboxylic acids is 1. The highest BCUT2D eigenvalue weighted by molar-refractivity contribution is 5.95. The first-order chi connectivity index (χ1) is 16.1. The lowest BCUT2D eigenvalue weighted by atomic mass is 10.0. The highest BCUT2D eigenvalue weighted by Gasteiger charge is 2.32. The van der Waals surface area contributed by atoms with Gasteiger partial charge in [-0.2, -0.15) is 0 Å². The van der Waals surface area contributed by atoms with E-state index in [2.05, 4.69) is 20.9 Å². The molecular formula is C21H40N8O6. The van der Waals surface area contributed by atoms with Crippen LogP contribution in [0.25, 0.3) is 0 Å². The second-order valence-electron chi connectivity index (χ2n) is 9.05. The number of aliphatic imine (C=N–C) groups is 1. The molecule has 200 valence electrons. The Morgan fingerprint density at radius 1 is 0.857 bits per heavy atom. The van der Waals surface area contributed by atoms with Crippen LogP contribution in [0.1, 0.15) is 53.4 Å². The second kappa shape index (κ2) is 15.5. The van der Waals surface area contributed by atoms with Gasteiger partial charge in [-0.3, -0.25) is 24.2 Å². The second-order valence-corrected chi connectivity index (χ2v) is 9.05. The number of carboxylic acid groups (broad SMARTS) is 1. The average molecular weight is 501 g/mol. The van der Waals surface area contributed by atoms with Gasteiger partial charge in [0.05, 0.1) is 12.5 Å². The lowest BCUT2D eigenvalue weighted by Gasteiger charge is -2.27. The van der Waals surface area contributed by atoms with Gasteiger partial charge in [-0.25, -0.2) is 4.79 Å². The molecule has 0 saturated carbocycles. The molecule has 0 fully saturated rings. The van der Waals surface area contributed by atoms with Crippen LogP contribution in [-0.2, 0) is 24.0 Å². The Balaban J connectivity index is 5.55. The van der Waals surface area contributed by atoms with Gasteiger partial charge in [-0.05, 0) is 31.1 Å². The van der Waals surface area contributed by atoms with Gasteiger partial charge in [0.2, 0.25) is 23.6 Å². The standard InChI is InChI=1S/C21H40N8O6/c1-10(2)8-12(22)17(31)27-13(6-5-7-26-21(24)25)18(32)29-16(11(3)4)19(33)28-14(20(34)35)9-15(23)30/h10-14,16H,5-9,22H2,1-4H3,(H2,23,30)(H,27,31)(H,28,33)(H,29,32)(H,34,35)(H4,24,25,26). The number of nitrogens with two attached hydrogens (primary N) is 4. The Labute approximate surface area is 205 Å². The van der Waals surface area contributed by atoms with Crippen molar-refractivity contribution < 1.29 is 29.1 Å². The van der Waals surface area contributed by atoms with Crippen LogP contribution >= 0.6 is 0 Å². The number of hydrogen-bond donors (Lipinski definition) is 8. The first-order valence-corrected chi connectivity index (χ1v) is 11.4. The minimum Gasteiger partial charge on any atom is -0.480 e. The molecule has 4 unspecified atom stereocenters. The Morgan fingerprint density at radius 2 is 1.43 bits per heavy atom. The molecule has 0 aliphatic rings. The molecule has 14 nitrogen and oxygen atoms in total. The minimum absolute atomic E-state index is 0.116. The summed E-state index contributed by atoms with van der Waals surface area (Å²) < 4.78 is 0. The zero-order chi connectivity index (χ0) is 27.3. The molecule has 12 N–H and O–H groups in total. The van der Waals surface area contributed by atoms with Crippen molar-refractivity contribution in [2.24, 2.45) is 39.8 Å². The van der Waals surface area contributed by atoms with Crippen molar-refractivity contribution in [3.05, 3.63) is 0 Å². The Morgan fingerprint density at radius 3 is 1.89 bits per heavy atom. The van der Waals surface area contributed by atoms with Crippen LogP contribution < -0.4 is 38.9 Å². The van der Waals surface area contributed by atoms with Crippen LogP contribution in [0.3, 0.4) is 0 Å². The molecule has 4 amide bonds. The predicted octanol–water partition coefficient (Wildman–Crippen LogP) is -2.52. The summed E-state index contributed by atoms with van der Waals surface area (Å²) in [5, 5.41) is 16.6. The summed E-state index contributed by atoms with van der Waals surface area (Å²) in [5.74, 6) is -4.79. The summed E-state index contributed by atoms with van der Waals surface area (Å²) in [6.45, 7) is 7.29. The molecule has 0 aromatic heterocycles. The van der Waals surface area contributed by atoms with E-state index in [4.69, 9.17) is 22.9 Å². The van der Waals surface area contributed by atoms with Gasteiger partial charge in [0.25, 0.3) is 0 Å². The number of guanidine groups is 1. The summed E-state index contributed by atoms with van der Waals surface area (Å²) in [5.41, 5.74) is 21.6. The average Bonchev–Trinajstić information content (AvgIpc) is 2.71. The first-order valence-electron chi connectivity index (χ1n) is 11.4. The van der Waals surface area contributed by atoms with E-state index in [1.165, 1.54) is 0 Å². The Bertz CT molecular complexity index is 782. The number of carboxylic acids is 1. The third kappa shape index (κ3) is 13.2. The van der Waals surface area contributed by atoms with E-state index in [1.54, 1.807) is 13.8 Å². The lowest BCUT2D eigenvalue weighted by Crippen LogP contribution is -2.58. The summed E-state index contributed by atoms with van der Waals surface area (Å²) in [6.07, 6.45) is 0.279. The van der Waals surface area contributed by atoms with Gasteiger partial charge >= 0.3 is 5.97 Å². The molecule has 0 bridgehead atoms. The van der Waals surface area contributed by atoms with Crippen LogP contribution in [0.4, 0.5) is 0 Å². The van der Waals surface area contributed by atoms with Crippen molar-refractivity contribution in [1.82, 2.24) is 16.0 Å². The molecular weight excluding hydrogens is 460 g/mol. The van der Waals surface area contributed by atoms with Crippen molar-refractivity contribution in [2.75, 3.05) is 6.54 Å². The van der Waals surface area contributed by atoms with Crippen LogP contribution in [-0.4, -0.2) is 71.4 Å². The van der Waals surface area contributed by atoms with Crippen molar-refractivity contribution >= 4 is 35.6 Å². The number of nitrogens with zero attached hydrogens (tertiary/aromatic N) is 1. The summed E-state index contributed by atoms with van der Waals surface area (Å²) >= 11 is 0. The van der Waals surface area contributed by atoms with Gasteiger partial charge in [0, 0.05) is 6.54 Å². The highest BCUT2D eigenvalue weighted by Crippen LogP contribution is 2.08. The number of carbonyl (C=O) groups excluding carboxylic acids is 4. The van der Waals surface area contributed by atoms with Crippen LogP contribution in [0, 0.1) is 11.8 Å². The van der Waals surface area contributed by atoms with E-state index in [0.717, 1.165) is 0 Å². The molecule has 0 aliphatic heterocycles. The van der Waals surface area contributed by atoms with Crippen molar-refractivity contribution in [2.45, 2.75) is 77.5 Å². The van der Waals surface area contributed by atoms with Crippen LogP contribution in [0.5, 0.6) is 0 Å². The third-order valence-corrected chi connectivity index (χ3v) is 4.91. The quantitative estimate of drug-likeness (QED) is 0.0631. The molecule has 0 rings (SSSR count). The maximum Gasteiger partial charge on any atom is 0.326 e. The molecule has 14 heteroatoms. The topological polar surface area (TPSA) is 258 Å². The maximum absolute atomic E-state index is 13.0. The van der Waals surface area contributed by atoms with E-state index in [-0.39, 0.29) is 24.8 Å². The fourth-order valence-corrected chi connectivity index (χ4v) is 3.12. The number of carbonyl (C=O) groups is 5. The van der Waals surface area contributed by atoms with E-state index in [9.17, 15) is 29.1 Å². The molecule has 0 aliphatic carbocycles. The highest BCUT2D eigenvalue weighted by atomic mass is 16.4. The lowest BCUT2D eigenvalue weighted by molar-refractivity contribution is -0.144. The first kappa shape index (κ1) is 31.6. The maximum atomic E-state index is 13.0. The smallest absolute Gasteiger partial charge is 0.326 e. The number of amides is 4. The monoisotopic (exact) mass is 500 g/mol. The Hall–Kier alpha value is -3.42. The molecule has 0 aromatic carbocycles. The van der Waals surface area contributed by atoms with E-state index in [0.29, 0.717) is 12.8 Å². The van der Waals surface area contributed by atoms with Crippen LogP contribution in [0.15, 0.2) is 4.99 Å². The van der Waals surface area contributed by atoms with Gasteiger partial charge in [-0.1, -0.05) is 27.7 Å². The molecule has 0 radical (unpaired) electrons. The summed E-state index contributed by atoms with van der Waals surface area (Å²) in [7, 11) is 0. The van der Waals surface area contributed by atoms with E-state index in [1.807, 2.05) is 13.8 Å². The van der Waals surface area contributed by atoms with Gasteiger partial charge in [-0.15, -0.1) is 0 Å². The molecule has 0 aromatic rings. The van der Waals surface area contributed by atoms with Gasteiger partial charge in [0.1, 0.15) is 18.1 Å². The van der Waals surface area contributed by atoms with Crippen molar-refractivity contribution in [3.63, 3.8) is 0 Å². The minimum atomic E-state index is -1.55. The van der Waals surface area contributed by atoms with Gasteiger partial charge < -0.3 is 44.0 Å².